The van der Waals surface area contributed by atoms with Crippen LogP contribution in [0.5, 0.6) is 5.75 Å². The Kier molecular flexibility index (Phi) is 8.20. The van der Waals surface area contributed by atoms with Crippen LogP contribution >= 0.6 is 11.6 Å². The quantitative estimate of drug-likeness (QED) is 0.588. The summed E-state index contributed by atoms with van der Waals surface area (Å²) >= 11 is 5.68. The summed E-state index contributed by atoms with van der Waals surface area (Å²) in [4.78, 5) is 39.2. The number of aromatic nitrogens is 1. The van der Waals surface area contributed by atoms with E-state index in [2.05, 4.69) is 15.6 Å². The number of hydrogen-bond donors (Lipinski definition) is 2. The first-order chi connectivity index (χ1) is 14.6. The van der Waals surface area contributed by atoms with E-state index in [1.807, 2.05) is 0 Å². The van der Waals surface area contributed by atoms with Gasteiger partial charge in [0.25, 0.3) is 11.8 Å². The number of rotatable bonds is 8. The van der Waals surface area contributed by atoms with Crippen molar-refractivity contribution < 1.29 is 37.0 Å². The number of benzene rings is 1. The number of carbonyl (C=O) groups is 3. The van der Waals surface area contributed by atoms with Crippen LogP contribution in [-0.2, 0) is 20.5 Å². The van der Waals surface area contributed by atoms with Gasteiger partial charge in [0.15, 0.2) is 12.4 Å². The highest BCUT2D eigenvalue weighted by Gasteiger charge is 2.31. The van der Waals surface area contributed by atoms with Gasteiger partial charge in [-0.1, -0.05) is 23.7 Å². The Morgan fingerprint density at radius 1 is 1.19 bits per heavy atom. The van der Waals surface area contributed by atoms with Crippen LogP contribution in [0.4, 0.5) is 19.0 Å². The summed E-state index contributed by atoms with van der Waals surface area (Å²) in [7, 11) is 0. The number of halogens is 4. The molecule has 0 unspecified atom stereocenters. The Bertz CT molecular complexity index is 969. The van der Waals surface area contributed by atoms with Crippen molar-refractivity contribution in [3.63, 3.8) is 0 Å². The van der Waals surface area contributed by atoms with Gasteiger partial charge in [0.1, 0.15) is 12.3 Å². The molecule has 2 amide bonds. The number of para-hydroxylation sites is 1. The number of nitrogens with zero attached hydrogens (tertiary/aromatic N) is 1. The fourth-order valence-electron chi connectivity index (χ4n) is 2.23. The predicted octanol–water partition coefficient (Wildman–Crippen LogP) is 3.06. The molecule has 0 radical (unpaired) electrons. The van der Waals surface area contributed by atoms with Gasteiger partial charge < -0.3 is 20.1 Å². The third kappa shape index (κ3) is 7.14. The Labute approximate surface area is 179 Å². The SMILES string of the molecule is CCOc1ccccc1C(=O)NCC(=O)OCC(=O)Nc1ncc(C(F)(F)F)cc1Cl. The summed E-state index contributed by atoms with van der Waals surface area (Å²) < 4.78 is 47.8. The van der Waals surface area contributed by atoms with E-state index in [-0.39, 0.29) is 11.4 Å². The number of anilines is 1. The van der Waals surface area contributed by atoms with Crippen molar-refractivity contribution >= 4 is 35.2 Å². The molecule has 2 aromatic rings. The van der Waals surface area contributed by atoms with Crippen LogP contribution in [0.25, 0.3) is 0 Å². The third-order valence-electron chi connectivity index (χ3n) is 3.62. The van der Waals surface area contributed by atoms with E-state index in [4.69, 9.17) is 21.1 Å². The van der Waals surface area contributed by atoms with Crippen molar-refractivity contribution in [2.75, 3.05) is 25.1 Å². The van der Waals surface area contributed by atoms with Gasteiger partial charge in [-0.05, 0) is 25.1 Å². The molecule has 0 aliphatic heterocycles. The molecule has 1 heterocycles. The summed E-state index contributed by atoms with van der Waals surface area (Å²) in [5, 5.41) is 4.03. The Morgan fingerprint density at radius 2 is 1.90 bits per heavy atom. The zero-order chi connectivity index (χ0) is 23.0. The van der Waals surface area contributed by atoms with E-state index in [1.165, 1.54) is 6.07 Å². The first kappa shape index (κ1) is 23.9. The molecule has 0 fully saturated rings. The molecule has 0 saturated carbocycles. The van der Waals surface area contributed by atoms with E-state index in [0.717, 1.165) is 0 Å². The maximum absolute atomic E-state index is 12.6. The monoisotopic (exact) mass is 459 g/mol. The molecule has 0 bridgehead atoms. The molecular formula is C19H17ClF3N3O5. The lowest BCUT2D eigenvalue weighted by Gasteiger charge is -2.11. The fourth-order valence-corrected chi connectivity index (χ4v) is 2.45. The van der Waals surface area contributed by atoms with Crippen LogP contribution in [0.1, 0.15) is 22.8 Å². The maximum atomic E-state index is 12.6. The standard InChI is InChI=1S/C19H17ClF3N3O5/c1-2-30-14-6-4-3-5-12(14)18(29)25-9-16(28)31-10-15(27)26-17-13(20)7-11(8-24-17)19(21,22)23/h3-8H,2,9-10H2,1H3,(H,25,29)(H,24,26,27). The number of alkyl halides is 3. The summed E-state index contributed by atoms with van der Waals surface area (Å²) in [5.41, 5.74) is -0.860. The molecule has 0 saturated heterocycles. The second-order valence-corrected chi connectivity index (χ2v) is 6.28. The highest BCUT2D eigenvalue weighted by Crippen LogP contribution is 2.32. The lowest BCUT2D eigenvalue weighted by molar-refractivity contribution is -0.146. The largest absolute Gasteiger partial charge is 0.493 e. The minimum atomic E-state index is -4.64. The van der Waals surface area contributed by atoms with Crippen molar-refractivity contribution in [1.29, 1.82) is 0 Å². The molecule has 0 spiro atoms. The molecule has 0 aliphatic rings. The van der Waals surface area contributed by atoms with Crippen molar-refractivity contribution in [3.05, 3.63) is 52.7 Å². The molecule has 2 rings (SSSR count). The van der Waals surface area contributed by atoms with Crippen LogP contribution < -0.4 is 15.4 Å². The number of esters is 1. The molecule has 31 heavy (non-hydrogen) atoms. The number of amides is 2. The summed E-state index contributed by atoms with van der Waals surface area (Å²) in [6, 6.07) is 7.03. The lowest BCUT2D eigenvalue weighted by atomic mass is 10.2. The molecular weight excluding hydrogens is 443 g/mol. The van der Waals surface area contributed by atoms with Crippen LogP contribution in [0, 0.1) is 0 Å². The van der Waals surface area contributed by atoms with Gasteiger partial charge in [-0.3, -0.25) is 14.4 Å². The van der Waals surface area contributed by atoms with Crippen LogP contribution in [0.2, 0.25) is 5.02 Å². The second-order valence-electron chi connectivity index (χ2n) is 5.87. The fraction of sp³-hybridized carbons (Fsp3) is 0.263. The zero-order valence-corrected chi connectivity index (χ0v) is 16.8. The lowest BCUT2D eigenvalue weighted by Crippen LogP contribution is -2.32. The van der Waals surface area contributed by atoms with Gasteiger partial charge in [-0.15, -0.1) is 0 Å². The molecule has 0 atom stereocenters. The van der Waals surface area contributed by atoms with E-state index in [1.54, 1.807) is 25.1 Å². The van der Waals surface area contributed by atoms with E-state index >= 15 is 0 Å². The highest BCUT2D eigenvalue weighted by molar-refractivity contribution is 6.33. The molecule has 166 valence electrons. The minimum absolute atomic E-state index is 0.220. The van der Waals surface area contributed by atoms with Gasteiger partial charge in [-0.25, -0.2) is 4.98 Å². The third-order valence-corrected chi connectivity index (χ3v) is 3.90. The van der Waals surface area contributed by atoms with Crippen molar-refractivity contribution in [1.82, 2.24) is 10.3 Å². The van der Waals surface area contributed by atoms with Gasteiger partial charge in [0, 0.05) is 6.20 Å². The Balaban J connectivity index is 1.82. The topological polar surface area (TPSA) is 107 Å². The van der Waals surface area contributed by atoms with Crippen molar-refractivity contribution in [2.45, 2.75) is 13.1 Å². The molecule has 8 nitrogen and oxygen atoms in total. The average Bonchev–Trinajstić information content (AvgIpc) is 2.72. The Hall–Kier alpha value is -3.34. The number of nitrogens with one attached hydrogen (secondary N) is 2. The molecule has 1 aromatic carbocycles. The summed E-state index contributed by atoms with van der Waals surface area (Å²) in [6.45, 7) is 0.818. The molecule has 2 N–H and O–H groups in total. The number of carbonyl (C=O) groups excluding carboxylic acids is 3. The number of hydrogen-bond acceptors (Lipinski definition) is 6. The van der Waals surface area contributed by atoms with Gasteiger partial charge in [-0.2, -0.15) is 13.2 Å². The van der Waals surface area contributed by atoms with Crippen LogP contribution in [0.15, 0.2) is 36.5 Å². The molecule has 12 heteroatoms. The number of pyridine rings is 1. The molecule has 1 aromatic heterocycles. The maximum Gasteiger partial charge on any atom is 0.417 e. The normalized spacial score (nSPS) is 10.9. The van der Waals surface area contributed by atoms with Gasteiger partial charge in [0.05, 0.1) is 22.8 Å². The molecule has 0 aliphatic carbocycles. The summed E-state index contributed by atoms with van der Waals surface area (Å²) in [6.07, 6.45) is -4.13. The van der Waals surface area contributed by atoms with Crippen LogP contribution in [0.3, 0.4) is 0 Å². The van der Waals surface area contributed by atoms with Crippen molar-refractivity contribution in [2.24, 2.45) is 0 Å². The Morgan fingerprint density at radius 3 is 2.55 bits per heavy atom. The van der Waals surface area contributed by atoms with E-state index < -0.39 is 47.7 Å². The van der Waals surface area contributed by atoms with Crippen molar-refractivity contribution in [3.8, 4) is 5.75 Å². The smallest absolute Gasteiger partial charge is 0.417 e. The zero-order valence-electron chi connectivity index (χ0n) is 16.1. The number of ether oxygens (including phenoxy) is 2. The van der Waals surface area contributed by atoms with Gasteiger partial charge >= 0.3 is 12.1 Å². The first-order valence-corrected chi connectivity index (χ1v) is 9.17. The average molecular weight is 460 g/mol. The van der Waals surface area contributed by atoms with Crippen LogP contribution in [-0.4, -0.2) is 42.5 Å². The second kappa shape index (κ2) is 10.6. The summed E-state index contributed by atoms with van der Waals surface area (Å²) in [5.74, 6) is -2.35. The highest BCUT2D eigenvalue weighted by atomic mass is 35.5. The first-order valence-electron chi connectivity index (χ1n) is 8.80. The van der Waals surface area contributed by atoms with E-state index in [0.29, 0.717) is 24.6 Å². The predicted molar refractivity (Wildman–Crippen MR) is 104 cm³/mol. The minimum Gasteiger partial charge on any atom is -0.493 e. The van der Waals surface area contributed by atoms with Gasteiger partial charge in [0.2, 0.25) is 0 Å². The van der Waals surface area contributed by atoms with E-state index in [9.17, 15) is 27.6 Å².